The second kappa shape index (κ2) is 6.79. The molecule has 0 unspecified atom stereocenters. The van der Waals surface area contributed by atoms with Crippen molar-refractivity contribution in [1.29, 1.82) is 0 Å². The van der Waals surface area contributed by atoms with Gasteiger partial charge < -0.3 is 10.0 Å². The third kappa shape index (κ3) is 3.87. The highest BCUT2D eigenvalue weighted by atomic mass is 16.4. The predicted molar refractivity (Wildman–Crippen MR) is 77.5 cm³/mol. The molecule has 0 spiro atoms. The minimum atomic E-state index is -1.04. The van der Waals surface area contributed by atoms with Gasteiger partial charge >= 0.3 is 5.97 Å². The van der Waals surface area contributed by atoms with Crippen molar-refractivity contribution in [3.63, 3.8) is 0 Å². The van der Waals surface area contributed by atoms with Gasteiger partial charge in [0.1, 0.15) is 12.9 Å². The molecule has 1 N–H and O–H groups in total. The Kier molecular flexibility index (Phi) is 4.82. The standard InChI is InChI=1S/C14H17N5O3/c1-10(2)7-18(8-13(20)21)14(22)11-4-3-5-12(6-11)19-9-15-16-17-19/h3-6,9-10H,7-8H2,1-2H3,(H,20,21). The van der Waals surface area contributed by atoms with Crippen molar-refractivity contribution in [2.24, 2.45) is 5.92 Å². The highest BCUT2D eigenvalue weighted by molar-refractivity contribution is 5.96. The van der Waals surface area contributed by atoms with Crippen molar-refractivity contribution in [2.75, 3.05) is 13.1 Å². The summed E-state index contributed by atoms with van der Waals surface area (Å²) in [6, 6.07) is 6.74. The van der Waals surface area contributed by atoms with E-state index < -0.39 is 5.97 Å². The quantitative estimate of drug-likeness (QED) is 0.848. The summed E-state index contributed by atoms with van der Waals surface area (Å²) in [4.78, 5) is 24.8. The number of hydrogen-bond donors (Lipinski definition) is 1. The summed E-state index contributed by atoms with van der Waals surface area (Å²) in [7, 11) is 0. The molecule has 8 nitrogen and oxygen atoms in total. The molecule has 22 heavy (non-hydrogen) atoms. The molecule has 1 heterocycles. The van der Waals surface area contributed by atoms with Crippen LogP contribution in [0, 0.1) is 5.92 Å². The van der Waals surface area contributed by atoms with Crippen LogP contribution in [0.25, 0.3) is 5.69 Å². The molecule has 0 fully saturated rings. The highest BCUT2D eigenvalue weighted by Crippen LogP contribution is 2.12. The van der Waals surface area contributed by atoms with Gasteiger partial charge in [-0.1, -0.05) is 19.9 Å². The van der Waals surface area contributed by atoms with E-state index in [1.54, 1.807) is 24.3 Å². The predicted octanol–water partition coefficient (Wildman–Crippen LogP) is 0.845. The molecule has 0 saturated carbocycles. The molecule has 0 saturated heterocycles. The molecule has 0 atom stereocenters. The van der Waals surface area contributed by atoms with Crippen LogP contribution in [0.15, 0.2) is 30.6 Å². The Balaban J connectivity index is 2.26. The topological polar surface area (TPSA) is 101 Å². The van der Waals surface area contributed by atoms with Crippen molar-refractivity contribution in [2.45, 2.75) is 13.8 Å². The maximum atomic E-state index is 12.5. The van der Waals surface area contributed by atoms with Crippen LogP contribution >= 0.6 is 0 Å². The van der Waals surface area contributed by atoms with Crippen LogP contribution in [0.3, 0.4) is 0 Å². The number of rotatable bonds is 6. The van der Waals surface area contributed by atoms with Crippen LogP contribution in [0.2, 0.25) is 0 Å². The number of hydrogen-bond acceptors (Lipinski definition) is 5. The maximum absolute atomic E-state index is 12.5. The van der Waals surface area contributed by atoms with Crippen LogP contribution in [-0.4, -0.2) is 55.2 Å². The first-order valence-corrected chi connectivity index (χ1v) is 6.82. The van der Waals surface area contributed by atoms with E-state index in [0.29, 0.717) is 17.8 Å². The van der Waals surface area contributed by atoms with Gasteiger partial charge in [-0.15, -0.1) is 5.10 Å². The number of amides is 1. The zero-order valence-electron chi connectivity index (χ0n) is 12.4. The van der Waals surface area contributed by atoms with E-state index in [-0.39, 0.29) is 18.4 Å². The van der Waals surface area contributed by atoms with E-state index in [0.717, 1.165) is 0 Å². The zero-order chi connectivity index (χ0) is 16.1. The summed E-state index contributed by atoms with van der Waals surface area (Å²) >= 11 is 0. The fourth-order valence-corrected chi connectivity index (χ4v) is 2.07. The SMILES string of the molecule is CC(C)CN(CC(=O)O)C(=O)c1cccc(-n2cnnn2)c1. The lowest BCUT2D eigenvalue weighted by Gasteiger charge is -2.23. The Morgan fingerprint density at radius 2 is 2.14 bits per heavy atom. The Bertz CT molecular complexity index is 654. The molecule has 116 valence electrons. The van der Waals surface area contributed by atoms with Crippen LogP contribution in [0.4, 0.5) is 0 Å². The molecule has 1 amide bonds. The minimum Gasteiger partial charge on any atom is -0.480 e. The van der Waals surface area contributed by atoms with Gasteiger partial charge in [-0.3, -0.25) is 9.59 Å². The molecule has 1 aromatic heterocycles. The first-order chi connectivity index (χ1) is 10.5. The number of aromatic nitrogens is 4. The van der Waals surface area contributed by atoms with Crippen LogP contribution in [0.5, 0.6) is 0 Å². The van der Waals surface area contributed by atoms with Gasteiger partial charge in [-0.05, 0) is 34.5 Å². The second-order valence-corrected chi connectivity index (χ2v) is 5.28. The molecule has 2 rings (SSSR count). The van der Waals surface area contributed by atoms with Crippen molar-refractivity contribution < 1.29 is 14.7 Å². The average molecular weight is 303 g/mol. The fourth-order valence-electron chi connectivity index (χ4n) is 2.07. The van der Waals surface area contributed by atoms with Crippen molar-refractivity contribution in [3.8, 4) is 5.69 Å². The number of benzene rings is 1. The van der Waals surface area contributed by atoms with Gasteiger partial charge in [0, 0.05) is 12.1 Å². The monoisotopic (exact) mass is 303 g/mol. The first kappa shape index (κ1) is 15.6. The lowest BCUT2D eigenvalue weighted by molar-refractivity contribution is -0.137. The van der Waals surface area contributed by atoms with E-state index in [1.807, 2.05) is 13.8 Å². The molecule has 0 radical (unpaired) electrons. The summed E-state index contributed by atoms with van der Waals surface area (Å²) in [6.07, 6.45) is 1.42. The van der Waals surface area contributed by atoms with E-state index in [9.17, 15) is 9.59 Å². The third-order valence-corrected chi connectivity index (χ3v) is 2.91. The van der Waals surface area contributed by atoms with Crippen LogP contribution in [0.1, 0.15) is 24.2 Å². The number of nitrogens with zero attached hydrogens (tertiary/aromatic N) is 5. The van der Waals surface area contributed by atoms with Gasteiger partial charge in [-0.2, -0.15) is 0 Å². The molecule has 0 aliphatic heterocycles. The Hall–Kier alpha value is -2.77. The van der Waals surface area contributed by atoms with E-state index in [2.05, 4.69) is 15.5 Å². The third-order valence-electron chi connectivity index (χ3n) is 2.91. The Morgan fingerprint density at radius 1 is 1.36 bits per heavy atom. The number of carboxylic acid groups (broad SMARTS) is 1. The summed E-state index contributed by atoms with van der Waals surface area (Å²) in [5, 5.41) is 19.8. The lowest BCUT2D eigenvalue weighted by Crippen LogP contribution is -2.38. The van der Waals surface area contributed by atoms with Gasteiger partial charge in [0.15, 0.2) is 0 Å². The fraction of sp³-hybridized carbons (Fsp3) is 0.357. The number of aliphatic carboxylic acids is 1. The van der Waals surface area contributed by atoms with Gasteiger partial charge in [0.2, 0.25) is 0 Å². The van der Waals surface area contributed by atoms with Crippen LogP contribution in [-0.2, 0) is 4.79 Å². The molecule has 8 heteroatoms. The number of carbonyl (C=O) groups is 2. The smallest absolute Gasteiger partial charge is 0.323 e. The van der Waals surface area contributed by atoms with Gasteiger partial charge in [0.05, 0.1) is 5.69 Å². The summed E-state index contributed by atoms with van der Waals surface area (Å²) < 4.78 is 1.43. The van der Waals surface area contributed by atoms with Crippen molar-refractivity contribution in [3.05, 3.63) is 36.2 Å². The Labute approximate surface area is 127 Å². The molecule has 0 aliphatic carbocycles. The molecule has 0 aliphatic rings. The summed E-state index contributed by atoms with van der Waals surface area (Å²) in [5.74, 6) is -1.19. The average Bonchev–Trinajstić information content (AvgIpc) is 2.99. The van der Waals surface area contributed by atoms with Crippen molar-refractivity contribution in [1.82, 2.24) is 25.1 Å². The highest BCUT2D eigenvalue weighted by Gasteiger charge is 2.20. The lowest BCUT2D eigenvalue weighted by atomic mass is 10.1. The van der Waals surface area contributed by atoms with Crippen molar-refractivity contribution >= 4 is 11.9 Å². The van der Waals surface area contributed by atoms with E-state index in [1.165, 1.54) is 15.9 Å². The van der Waals surface area contributed by atoms with Gasteiger partial charge in [-0.25, -0.2) is 4.68 Å². The molecular formula is C14H17N5O3. The Morgan fingerprint density at radius 3 is 2.73 bits per heavy atom. The molecule has 0 bridgehead atoms. The van der Waals surface area contributed by atoms with Gasteiger partial charge in [0.25, 0.3) is 5.91 Å². The number of carbonyl (C=O) groups excluding carboxylic acids is 1. The first-order valence-electron chi connectivity index (χ1n) is 6.82. The number of tetrazole rings is 1. The summed E-state index contributed by atoms with van der Waals surface area (Å²) in [6.45, 7) is 3.91. The zero-order valence-corrected chi connectivity index (χ0v) is 12.4. The van der Waals surface area contributed by atoms with E-state index in [4.69, 9.17) is 5.11 Å². The molecule has 1 aromatic carbocycles. The summed E-state index contributed by atoms with van der Waals surface area (Å²) in [5.41, 5.74) is 1.03. The van der Waals surface area contributed by atoms with Crippen LogP contribution < -0.4 is 0 Å². The molecule has 2 aromatic rings. The maximum Gasteiger partial charge on any atom is 0.323 e. The minimum absolute atomic E-state index is 0.172. The number of carboxylic acids is 1. The largest absolute Gasteiger partial charge is 0.480 e. The second-order valence-electron chi connectivity index (χ2n) is 5.28. The normalized spacial score (nSPS) is 10.7. The van der Waals surface area contributed by atoms with E-state index >= 15 is 0 Å². The molecular weight excluding hydrogens is 286 g/mol.